The maximum absolute atomic E-state index is 11.0. The third kappa shape index (κ3) is 4.03. The minimum absolute atomic E-state index is 0.289. The van der Waals surface area contributed by atoms with Gasteiger partial charge in [0.1, 0.15) is 5.25 Å². The maximum Gasteiger partial charge on any atom is 0.220 e. The highest BCUT2D eigenvalue weighted by atomic mass is 35.5. The molecule has 0 aromatic heterocycles. The van der Waals surface area contributed by atoms with Gasteiger partial charge in [0.25, 0.3) is 0 Å². The van der Waals surface area contributed by atoms with Crippen LogP contribution < -0.4 is 5.73 Å². The van der Waals surface area contributed by atoms with E-state index in [0.717, 1.165) is 4.90 Å². The number of halogens is 2. The van der Waals surface area contributed by atoms with E-state index in [9.17, 15) is 10.1 Å². The largest absolute Gasteiger partial charge is 0.398 e. The second-order valence-electron chi connectivity index (χ2n) is 4.29. The topological polar surface area (TPSA) is 69.2 Å². The van der Waals surface area contributed by atoms with E-state index in [0.29, 0.717) is 21.3 Å². The number of anilines is 1. The molecule has 2 aromatic carbocycles. The summed E-state index contributed by atoms with van der Waals surface area (Å²) in [7, 11) is 0. The molecule has 0 aliphatic rings. The van der Waals surface area contributed by atoms with Crippen LogP contribution in [-0.2, 0) is 0 Å². The van der Waals surface area contributed by atoms with Gasteiger partial charge in [-0.25, -0.2) is 0 Å². The Morgan fingerprint density at radius 2 is 1.76 bits per heavy atom. The van der Waals surface area contributed by atoms with Crippen LogP contribution in [0.25, 0.3) is 0 Å². The van der Waals surface area contributed by atoms with Crippen molar-refractivity contribution in [2.75, 3.05) is 12.3 Å². The van der Waals surface area contributed by atoms with Crippen molar-refractivity contribution in [2.24, 2.45) is 0 Å². The Balaban J connectivity index is 2.40. The first-order valence-electron chi connectivity index (χ1n) is 6.06. The van der Waals surface area contributed by atoms with Crippen molar-refractivity contribution < 1.29 is 4.92 Å². The Morgan fingerprint density at radius 1 is 1.14 bits per heavy atom. The van der Waals surface area contributed by atoms with Gasteiger partial charge in [-0.3, -0.25) is 10.1 Å². The molecule has 0 bridgehead atoms. The number of benzene rings is 2. The number of nitrogen functional groups attached to an aromatic ring is 1. The Hall–Kier alpha value is -1.43. The van der Waals surface area contributed by atoms with E-state index in [1.807, 2.05) is 18.2 Å². The average Bonchev–Trinajstić information content (AvgIpc) is 2.40. The van der Waals surface area contributed by atoms with Crippen molar-refractivity contribution in [3.8, 4) is 0 Å². The summed E-state index contributed by atoms with van der Waals surface area (Å²) in [5, 5.41) is 11.3. The predicted molar refractivity (Wildman–Crippen MR) is 87.8 cm³/mol. The van der Waals surface area contributed by atoms with Crippen molar-refractivity contribution in [3.05, 3.63) is 68.2 Å². The van der Waals surface area contributed by atoms with Crippen molar-refractivity contribution in [3.63, 3.8) is 0 Å². The number of nitrogens with zero attached hydrogens (tertiary/aromatic N) is 1. The molecule has 1 atom stereocenters. The Kier molecular flexibility index (Phi) is 5.33. The van der Waals surface area contributed by atoms with Gasteiger partial charge in [-0.05, 0) is 24.3 Å². The quantitative estimate of drug-likeness (QED) is 0.370. The summed E-state index contributed by atoms with van der Waals surface area (Å²) < 4.78 is 0. The fraction of sp³-hybridized carbons (Fsp3) is 0.143. The van der Waals surface area contributed by atoms with Gasteiger partial charge in [0.2, 0.25) is 6.54 Å². The molecule has 110 valence electrons. The standard InChI is InChI=1S/C14H12Cl2N2O2S/c15-9-4-3-5-10(16)14(9)13(8-18(19)20)21-12-7-2-1-6-11(12)17/h1-7,13H,8,17H2/t13-/m0/s1. The molecule has 0 unspecified atom stereocenters. The van der Waals surface area contributed by atoms with Crippen LogP contribution in [-0.4, -0.2) is 11.5 Å². The van der Waals surface area contributed by atoms with Crippen LogP contribution in [0.5, 0.6) is 0 Å². The second-order valence-corrected chi connectivity index (χ2v) is 6.35. The van der Waals surface area contributed by atoms with E-state index < -0.39 is 5.25 Å². The first-order chi connectivity index (χ1) is 9.99. The van der Waals surface area contributed by atoms with E-state index in [1.165, 1.54) is 11.8 Å². The zero-order chi connectivity index (χ0) is 15.4. The lowest BCUT2D eigenvalue weighted by Crippen LogP contribution is -2.11. The number of thioether (sulfide) groups is 1. The van der Waals surface area contributed by atoms with Crippen LogP contribution >= 0.6 is 35.0 Å². The summed E-state index contributed by atoms with van der Waals surface area (Å²) in [5.74, 6) is 0. The first-order valence-corrected chi connectivity index (χ1v) is 7.69. The normalized spacial score (nSPS) is 12.1. The molecule has 0 saturated carbocycles. The van der Waals surface area contributed by atoms with Crippen molar-refractivity contribution in [1.82, 2.24) is 0 Å². The van der Waals surface area contributed by atoms with Crippen LogP contribution in [0.15, 0.2) is 47.4 Å². The fourth-order valence-corrected chi connectivity index (χ4v) is 3.91. The second kappa shape index (κ2) is 7.02. The number of nitro groups is 1. The van der Waals surface area contributed by atoms with Gasteiger partial charge < -0.3 is 5.73 Å². The smallest absolute Gasteiger partial charge is 0.220 e. The van der Waals surface area contributed by atoms with Crippen LogP contribution in [0, 0.1) is 10.1 Å². The van der Waals surface area contributed by atoms with Crippen molar-refractivity contribution in [2.45, 2.75) is 10.1 Å². The first kappa shape index (κ1) is 15.9. The van der Waals surface area contributed by atoms with Crippen LogP contribution in [0.3, 0.4) is 0 Å². The molecule has 2 N–H and O–H groups in total. The molecule has 2 rings (SSSR count). The molecule has 7 heteroatoms. The minimum atomic E-state index is -0.508. The van der Waals surface area contributed by atoms with E-state index in [1.54, 1.807) is 24.3 Å². The average molecular weight is 343 g/mol. The molecule has 0 radical (unpaired) electrons. The molecule has 2 aromatic rings. The summed E-state index contributed by atoms with van der Waals surface area (Å²) in [6.07, 6.45) is 0. The Bertz CT molecular complexity index is 647. The summed E-state index contributed by atoms with van der Waals surface area (Å²) in [6.45, 7) is -0.289. The predicted octanol–water partition coefficient (Wildman–Crippen LogP) is 4.69. The molecule has 21 heavy (non-hydrogen) atoms. The molecule has 0 amide bonds. The van der Waals surface area contributed by atoms with Gasteiger partial charge in [-0.2, -0.15) is 0 Å². The van der Waals surface area contributed by atoms with E-state index in [-0.39, 0.29) is 11.5 Å². The summed E-state index contributed by atoms with van der Waals surface area (Å²) in [5.41, 5.74) is 7.03. The van der Waals surface area contributed by atoms with Gasteiger partial charge in [0, 0.05) is 31.1 Å². The summed E-state index contributed by atoms with van der Waals surface area (Å²) in [6, 6.07) is 12.3. The zero-order valence-electron chi connectivity index (χ0n) is 10.8. The SMILES string of the molecule is Nc1ccccc1S[C@@H](C[N+](=O)[O-])c1c(Cl)cccc1Cl. The fourth-order valence-electron chi connectivity index (χ4n) is 1.88. The van der Waals surface area contributed by atoms with E-state index in [4.69, 9.17) is 28.9 Å². The van der Waals surface area contributed by atoms with Gasteiger partial charge in [0.15, 0.2) is 0 Å². The van der Waals surface area contributed by atoms with Gasteiger partial charge >= 0.3 is 0 Å². The van der Waals surface area contributed by atoms with Crippen molar-refractivity contribution >= 4 is 40.7 Å². The molecular formula is C14H12Cl2N2O2S. The highest BCUT2D eigenvalue weighted by Crippen LogP contribution is 2.43. The van der Waals surface area contributed by atoms with E-state index in [2.05, 4.69) is 0 Å². The Labute approximate surface area is 136 Å². The lowest BCUT2D eigenvalue weighted by Gasteiger charge is -2.17. The van der Waals surface area contributed by atoms with Gasteiger partial charge in [0.05, 0.1) is 0 Å². The summed E-state index contributed by atoms with van der Waals surface area (Å²) in [4.78, 5) is 11.3. The molecule has 0 heterocycles. The summed E-state index contributed by atoms with van der Waals surface area (Å²) >= 11 is 13.6. The van der Waals surface area contributed by atoms with Gasteiger partial charge in [-0.1, -0.05) is 41.4 Å². The third-order valence-corrected chi connectivity index (χ3v) is 4.78. The van der Waals surface area contributed by atoms with Crippen LogP contribution in [0.4, 0.5) is 5.69 Å². The van der Waals surface area contributed by atoms with E-state index >= 15 is 0 Å². The lowest BCUT2D eigenvalue weighted by molar-refractivity contribution is -0.479. The number of rotatable bonds is 5. The molecule has 0 fully saturated rings. The maximum atomic E-state index is 11.0. The number of hydrogen-bond acceptors (Lipinski definition) is 4. The minimum Gasteiger partial charge on any atom is -0.398 e. The molecule has 4 nitrogen and oxygen atoms in total. The third-order valence-electron chi connectivity index (χ3n) is 2.82. The highest BCUT2D eigenvalue weighted by Gasteiger charge is 2.25. The molecule has 0 aliphatic carbocycles. The number of para-hydroxylation sites is 1. The molecule has 0 aliphatic heterocycles. The Morgan fingerprint density at radius 3 is 2.33 bits per heavy atom. The zero-order valence-corrected chi connectivity index (χ0v) is 13.2. The molecular weight excluding hydrogens is 331 g/mol. The number of nitrogens with two attached hydrogens (primary N) is 1. The molecule has 0 spiro atoms. The lowest BCUT2D eigenvalue weighted by atomic mass is 10.1. The monoisotopic (exact) mass is 342 g/mol. The highest BCUT2D eigenvalue weighted by molar-refractivity contribution is 7.99. The van der Waals surface area contributed by atoms with Crippen molar-refractivity contribution in [1.29, 1.82) is 0 Å². The van der Waals surface area contributed by atoms with Crippen LogP contribution in [0.2, 0.25) is 10.0 Å². The molecule has 0 saturated heterocycles. The van der Waals surface area contributed by atoms with Gasteiger partial charge in [-0.15, -0.1) is 11.8 Å². The van der Waals surface area contributed by atoms with Crippen LogP contribution in [0.1, 0.15) is 10.8 Å². The number of hydrogen-bond donors (Lipinski definition) is 1.